The molecule has 1 aromatic carbocycles. The van der Waals surface area contributed by atoms with E-state index in [1.165, 1.54) is 166 Å². The lowest BCUT2D eigenvalue weighted by Gasteiger charge is -2.07. The molecule has 0 N–H and O–H groups in total. The molecule has 0 atom stereocenters. The zero-order valence-corrected chi connectivity index (χ0v) is 25.6. The van der Waals surface area contributed by atoms with Gasteiger partial charge in [0, 0.05) is 6.42 Å². The Morgan fingerprint density at radius 1 is 0.526 bits per heavy atom. The van der Waals surface area contributed by atoms with Crippen LogP contribution in [0.4, 0.5) is 0 Å². The number of aromatic nitrogens is 2. The molecule has 2 rings (SSSR count). The second kappa shape index (κ2) is 23.3. The maximum Gasteiger partial charge on any atom is 0.256 e. The minimum atomic E-state index is 0.999. The van der Waals surface area contributed by atoms with Crippen LogP contribution in [0, 0.1) is 0 Å². The fourth-order valence-electron chi connectivity index (χ4n) is 5.81. The third-order valence-corrected chi connectivity index (χ3v) is 8.29. The minimum absolute atomic E-state index is 0.999. The third kappa shape index (κ3) is 15.7. The van der Waals surface area contributed by atoms with Gasteiger partial charge in [-0.1, -0.05) is 166 Å². The van der Waals surface area contributed by atoms with Crippen LogP contribution in [-0.4, -0.2) is 4.57 Å². The highest BCUT2D eigenvalue weighted by molar-refractivity contribution is 5.13. The molecule has 0 aliphatic heterocycles. The van der Waals surface area contributed by atoms with Gasteiger partial charge >= 0.3 is 0 Å². The van der Waals surface area contributed by atoms with Gasteiger partial charge in [-0.2, -0.15) is 0 Å². The highest BCUT2D eigenvalue weighted by Gasteiger charge is 2.17. The molecule has 0 saturated carbocycles. The summed E-state index contributed by atoms with van der Waals surface area (Å²) in [6.07, 6.45) is 37.1. The Morgan fingerprint density at radius 2 is 0.974 bits per heavy atom. The Kier molecular flexibility index (Phi) is 20.0. The van der Waals surface area contributed by atoms with Crippen molar-refractivity contribution < 1.29 is 4.57 Å². The van der Waals surface area contributed by atoms with Crippen molar-refractivity contribution in [1.82, 2.24) is 4.57 Å². The van der Waals surface area contributed by atoms with Crippen molar-refractivity contribution in [2.45, 2.75) is 175 Å². The summed E-state index contributed by atoms with van der Waals surface area (Å²) in [7, 11) is 0. The van der Waals surface area contributed by atoms with Crippen LogP contribution < -0.4 is 4.57 Å². The first kappa shape index (κ1) is 32.6. The molecule has 38 heavy (non-hydrogen) atoms. The quantitative estimate of drug-likeness (QED) is 0.0856. The summed E-state index contributed by atoms with van der Waals surface area (Å²) in [6.45, 7) is 6.79. The monoisotopic (exact) mass is 523 g/mol. The van der Waals surface area contributed by atoms with Crippen molar-refractivity contribution in [3.63, 3.8) is 0 Å². The van der Waals surface area contributed by atoms with Gasteiger partial charge < -0.3 is 0 Å². The molecule has 2 heteroatoms. The topological polar surface area (TPSA) is 8.81 Å². The van der Waals surface area contributed by atoms with Gasteiger partial charge in [-0.05, 0) is 24.8 Å². The van der Waals surface area contributed by atoms with Crippen LogP contribution in [0.3, 0.4) is 0 Å². The summed E-state index contributed by atoms with van der Waals surface area (Å²) in [5.41, 5.74) is 1.41. The van der Waals surface area contributed by atoms with Gasteiger partial charge in [-0.25, -0.2) is 9.13 Å². The molecule has 2 aromatic rings. The van der Waals surface area contributed by atoms with E-state index in [-0.39, 0.29) is 0 Å². The number of hydrogen-bond acceptors (Lipinski definition) is 0. The third-order valence-electron chi connectivity index (χ3n) is 8.29. The molecule has 0 amide bonds. The minimum Gasteiger partial charge on any atom is -0.234 e. The van der Waals surface area contributed by atoms with Crippen molar-refractivity contribution in [1.29, 1.82) is 0 Å². The zero-order chi connectivity index (χ0) is 26.9. The van der Waals surface area contributed by atoms with E-state index in [2.05, 4.69) is 65.7 Å². The van der Waals surface area contributed by atoms with Gasteiger partial charge in [0.1, 0.15) is 18.9 Å². The Morgan fingerprint density at radius 3 is 1.47 bits per heavy atom. The Bertz CT molecular complexity index is 763. The number of aryl methyl sites for hydroxylation is 1. The molecule has 0 aliphatic carbocycles. The van der Waals surface area contributed by atoms with Crippen LogP contribution in [0.1, 0.15) is 166 Å². The van der Waals surface area contributed by atoms with Crippen LogP contribution in [0.25, 0.3) is 0 Å². The maximum absolute atomic E-state index is 2.56. The predicted octanol–water partition coefficient (Wildman–Crippen LogP) is 11.0. The molecule has 1 heterocycles. The molecule has 0 unspecified atom stereocenters. The zero-order valence-electron chi connectivity index (χ0n) is 25.6. The van der Waals surface area contributed by atoms with Crippen LogP contribution in [0.2, 0.25) is 0 Å². The van der Waals surface area contributed by atoms with Gasteiger partial charge in [-0.15, -0.1) is 0 Å². The van der Waals surface area contributed by atoms with Crippen molar-refractivity contribution in [2.75, 3.05) is 0 Å². The summed E-state index contributed by atoms with van der Waals surface area (Å²) in [4.78, 5) is 0. The van der Waals surface area contributed by atoms with Crippen LogP contribution in [0.15, 0.2) is 42.7 Å². The Hall–Kier alpha value is -1.57. The molecule has 2 nitrogen and oxygen atoms in total. The molecule has 0 radical (unpaired) electrons. The lowest BCUT2D eigenvalue weighted by molar-refractivity contribution is -0.695. The highest BCUT2D eigenvalue weighted by atomic mass is 15.1. The molecule has 0 saturated heterocycles. The molecular weight excluding hydrogens is 460 g/mol. The second-order valence-corrected chi connectivity index (χ2v) is 11.8. The summed E-state index contributed by atoms with van der Waals surface area (Å²) < 4.78 is 5.07. The Labute approximate surface area is 237 Å². The first-order chi connectivity index (χ1) is 18.8. The van der Waals surface area contributed by atoms with Crippen LogP contribution >= 0.6 is 0 Å². The fourth-order valence-corrected chi connectivity index (χ4v) is 5.81. The summed E-state index contributed by atoms with van der Waals surface area (Å²) in [5, 5.41) is 0. The first-order valence-electron chi connectivity index (χ1n) is 17.0. The number of unbranched alkanes of at least 4 members (excludes halogenated alkanes) is 20. The van der Waals surface area contributed by atoms with Gasteiger partial charge in [-0.3, -0.25) is 0 Å². The summed E-state index contributed by atoms with van der Waals surface area (Å²) in [6, 6.07) is 11.0. The number of nitrogens with zero attached hydrogens (tertiary/aromatic N) is 2. The average molecular weight is 524 g/mol. The van der Waals surface area contributed by atoms with Crippen molar-refractivity contribution in [3.8, 4) is 0 Å². The van der Waals surface area contributed by atoms with Gasteiger partial charge in [0.2, 0.25) is 0 Å². The summed E-state index contributed by atoms with van der Waals surface area (Å²) >= 11 is 0. The van der Waals surface area contributed by atoms with Crippen molar-refractivity contribution in [3.05, 3.63) is 54.1 Å². The summed E-state index contributed by atoms with van der Waals surface area (Å²) in [5.74, 6) is 1.53. The SMILES string of the molecule is CCCCCCCCCCCCCCCCCCc1n(CCCCCCCC)cc[n+]1Cc1ccccc1. The van der Waals surface area contributed by atoms with E-state index in [1.807, 2.05) is 0 Å². The smallest absolute Gasteiger partial charge is 0.234 e. The lowest BCUT2D eigenvalue weighted by atomic mass is 10.0. The molecule has 0 aliphatic rings. The molecular formula is C36H63N2+. The van der Waals surface area contributed by atoms with E-state index in [0.29, 0.717) is 0 Å². The molecule has 1 aromatic heterocycles. The van der Waals surface area contributed by atoms with Gasteiger partial charge in [0.15, 0.2) is 0 Å². The number of rotatable bonds is 26. The molecule has 0 spiro atoms. The largest absolute Gasteiger partial charge is 0.256 e. The second-order valence-electron chi connectivity index (χ2n) is 11.8. The normalized spacial score (nSPS) is 11.4. The van der Waals surface area contributed by atoms with E-state index in [1.54, 1.807) is 0 Å². The predicted molar refractivity (Wildman–Crippen MR) is 167 cm³/mol. The lowest BCUT2D eigenvalue weighted by Crippen LogP contribution is -2.37. The molecule has 216 valence electrons. The molecule has 0 fully saturated rings. The van der Waals surface area contributed by atoms with E-state index in [0.717, 1.165) is 6.54 Å². The number of imidazole rings is 1. The average Bonchev–Trinajstić information content (AvgIpc) is 3.31. The van der Waals surface area contributed by atoms with E-state index < -0.39 is 0 Å². The maximum atomic E-state index is 2.56. The first-order valence-corrected chi connectivity index (χ1v) is 17.0. The number of benzene rings is 1. The van der Waals surface area contributed by atoms with Crippen molar-refractivity contribution >= 4 is 0 Å². The fraction of sp³-hybridized carbons (Fsp3) is 0.750. The highest BCUT2D eigenvalue weighted by Crippen LogP contribution is 2.15. The van der Waals surface area contributed by atoms with Gasteiger partial charge in [0.25, 0.3) is 5.82 Å². The van der Waals surface area contributed by atoms with Crippen molar-refractivity contribution in [2.24, 2.45) is 0 Å². The number of hydrogen-bond donors (Lipinski definition) is 0. The Balaban J connectivity index is 1.59. The van der Waals surface area contributed by atoms with Crippen LogP contribution in [0.5, 0.6) is 0 Å². The van der Waals surface area contributed by atoms with Crippen LogP contribution in [-0.2, 0) is 19.5 Å². The standard InChI is InChI=1S/C36H63N2/c1-3-5-7-9-11-12-13-14-15-16-17-18-19-20-21-26-30-36-37(31-27-22-10-8-6-4-2)32-33-38(36)34-35-28-24-23-25-29-35/h23-25,28-29,32-33H,3-22,26-27,30-31,34H2,1-2H3/q+1. The molecule has 0 bridgehead atoms. The van der Waals surface area contributed by atoms with Gasteiger partial charge in [0.05, 0.1) is 6.54 Å². The van der Waals surface area contributed by atoms with E-state index in [4.69, 9.17) is 0 Å². The van der Waals surface area contributed by atoms with E-state index in [9.17, 15) is 0 Å². The van der Waals surface area contributed by atoms with E-state index >= 15 is 0 Å².